The maximum absolute atomic E-state index is 5.47. The Morgan fingerprint density at radius 1 is 1.30 bits per heavy atom. The van der Waals surface area contributed by atoms with Gasteiger partial charge in [0.1, 0.15) is 0 Å². The highest BCUT2D eigenvalue weighted by Gasteiger charge is 2.05. The van der Waals surface area contributed by atoms with E-state index in [4.69, 9.17) is 5.73 Å². The first-order valence-electron chi connectivity index (χ1n) is 4.20. The van der Waals surface area contributed by atoms with Gasteiger partial charge >= 0.3 is 0 Å². The summed E-state index contributed by atoms with van der Waals surface area (Å²) in [6, 6.07) is 1.11. The Bertz CT molecular complexity index is 69.7. The minimum Gasteiger partial charge on any atom is -0.329 e. The Hall–Kier alpha value is -0.0800. The van der Waals surface area contributed by atoms with Gasteiger partial charge in [0.15, 0.2) is 0 Å². The van der Waals surface area contributed by atoms with Crippen LogP contribution in [0.1, 0.15) is 33.6 Å². The molecular weight excluding hydrogens is 124 g/mol. The van der Waals surface area contributed by atoms with Gasteiger partial charge in [0.05, 0.1) is 0 Å². The summed E-state index contributed by atoms with van der Waals surface area (Å²) in [5.74, 6) is 0. The van der Waals surface area contributed by atoms with Crippen molar-refractivity contribution < 1.29 is 0 Å². The molecular formula is C8H20N2. The van der Waals surface area contributed by atoms with Crippen molar-refractivity contribution in [2.24, 2.45) is 5.73 Å². The van der Waals surface area contributed by atoms with E-state index >= 15 is 0 Å². The summed E-state index contributed by atoms with van der Waals surface area (Å²) >= 11 is 0. The molecule has 0 aliphatic carbocycles. The molecule has 0 bridgehead atoms. The van der Waals surface area contributed by atoms with Gasteiger partial charge in [-0.1, -0.05) is 13.8 Å². The molecule has 0 aliphatic rings. The van der Waals surface area contributed by atoms with Crippen LogP contribution in [0.2, 0.25) is 0 Å². The molecule has 0 spiro atoms. The zero-order valence-electron chi connectivity index (χ0n) is 7.35. The maximum Gasteiger partial charge on any atom is 0.0164 e. The molecule has 0 heterocycles. The molecule has 0 aliphatic heterocycles. The molecule has 3 N–H and O–H groups in total. The standard InChI is InChI=1S/C8H20N2/c1-4-8(5-2)10-7(3)6-9/h7-8,10H,4-6,9H2,1-3H3. The van der Waals surface area contributed by atoms with Gasteiger partial charge in [0, 0.05) is 18.6 Å². The van der Waals surface area contributed by atoms with E-state index in [1.165, 1.54) is 12.8 Å². The average molecular weight is 144 g/mol. The summed E-state index contributed by atoms with van der Waals surface area (Å²) in [6.07, 6.45) is 2.39. The Balaban J connectivity index is 3.41. The second-order valence-electron chi connectivity index (χ2n) is 2.82. The van der Waals surface area contributed by atoms with Gasteiger partial charge in [0.2, 0.25) is 0 Å². The van der Waals surface area contributed by atoms with E-state index in [2.05, 4.69) is 26.1 Å². The molecule has 1 unspecified atom stereocenters. The van der Waals surface area contributed by atoms with Gasteiger partial charge in [-0.05, 0) is 19.8 Å². The van der Waals surface area contributed by atoms with E-state index in [0.29, 0.717) is 12.1 Å². The lowest BCUT2D eigenvalue weighted by Gasteiger charge is -2.19. The van der Waals surface area contributed by atoms with Crippen LogP contribution in [0.15, 0.2) is 0 Å². The van der Waals surface area contributed by atoms with Crippen molar-refractivity contribution in [2.75, 3.05) is 6.54 Å². The second kappa shape index (κ2) is 5.69. The highest BCUT2D eigenvalue weighted by molar-refractivity contribution is 4.68. The Kier molecular flexibility index (Phi) is 5.64. The van der Waals surface area contributed by atoms with E-state index in [-0.39, 0.29) is 0 Å². The zero-order chi connectivity index (χ0) is 7.98. The maximum atomic E-state index is 5.47. The second-order valence-corrected chi connectivity index (χ2v) is 2.82. The lowest BCUT2D eigenvalue weighted by Crippen LogP contribution is -2.40. The van der Waals surface area contributed by atoms with Crippen LogP contribution < -0.4 is 11.1 Å². The number of nitrogens with one attached hydrogen (secondary N) is 1. The topological polar surface area (TPSA) is 38.0 Å². The molecule has 0 rings (SSSR count). The monoisotopic (exact) mass is 144 g/mol. The largest absolute Gasteiger partial charge is 0.329 e. The molecule has 10 heavy (non-hydrogen) atoms. The van der Waals surface area contributed by atoms with Crippen LogP contribution in [0, 0.1) is 0 Å². The van der Waals surface area contributed by atoms with Crippen molar-refractivity contribution in [3.05, 3.63) is 0 Å². The molecule has 2 heteroatoms. The molecule has 0 aromatic carbocycles. The van der Waals surface area contributed by atoms with E-state index < -0.39 is 0 Å². The van der Waals surface area contributed by atoms with Crippen LogP contribution in [-0.4, -0.2) is 18.6 Å². The van der Waals surface area contributed by atoms with Crippen LogP contribution in [0.3, 0.4) is 0 Å². The third-order valence-corrected chi connectivity index (χ3v) is 1.86. The predicted molar refractivity (Wildman–Crippen MR) is 46.0 cm³/mol. The van der Waals surface area contributed by atoms with Crippen molar-refractivity contribution in [3.63, 3.8) is 0 Å². The van der Waals surface area contributed by atoms with Gasteiger partial charge in [-0.25, -0.2) is 0 Å². The van der Waals surface area contributed by atoms with Gasteiger partial charge < -0.3 is 11.1 Å². The van der Waals surface area contributed by atoms with Crippen LogP contribution in [-0.2, 0) is 0 Å². The minimum absolute atomic E-state index is 0.463. The Morgan fingerprint density at radius 2 is 1.80 bits per heavy atom. The first-order valence-corrected chi connectivity index (χ1v) is 4.20. The third kappa shape index (κ3) is 3.85. The smallest absolute Gasteiger partial charge is 0.0164 e. The van der Waals surface area contributed by atoms with Gasteiger partial charge in [-0.15, -0.1) is 0 Å². The lowest BCUT2D eigenvalue weighted by molar-refractivity contribution is 0.428. The van der Waals surface area contributed by atoms with Crippen LogP contribution >= 0.6 is 0 Å². The first kappa shape index (κ1) is 9.92. The van der Waals surface area contributed by atoms with Crippen molar-refractivity contribution >= 4 is 0 Å². The van der Waals surface area contributed by atoms with Crippen molar-refractivity contribution in [2.45, 2.75) is 45.7 Å². The molecule has 0 saturated carbocycles. The number of rotatable bonds is 5. The lowest BCUT2D eigenvalue weighted by atomic mass is 10.1. The van der Waals surface area contributed by atoms with Gasteiger partial charge in [-0.3, -0.25) is 0 Å². The van der Waals surface area contributed by atoms with Crippen molar-refractivity contribution in [1.82, 2.24) is 5.32 Å². The Morgan fingerprint density at radius 3 is 2.10 bits per heavy atom. The summed E-state index contributed by atoms with van der Waals surface area (Å²) < 4.78 is 0. The summed E-state index contributed by atoms with van der Waals surface area (Å²) in [5.41, 5.74) is 5.47. The van der Waals surface area contributed by atoms with Gasteiger partial charge in [-0.2, -0.15) is 0 Å². The highest BCUT2D eigenvalue weighted by Crippen LogP contribution is 1.96. The molecule has 1 atom stereocenters. The summed E-state index contributed by atoms with van der Waals surface area (Å²) in [7, 11) is 0. The third-order valence-electron chi connectivity index (χ3n) is 1.86. The predicted octanol–water partition coefficient (Wildman–Crippen LogP) is 1.11. The normalized spacial score (nSPS) is 14.1. The fourth-order valence-corrected chi connectivity index (χ4v) is 0.995. The molecule has 0 amide bonds. The molecule has 0 saturated heterocycles. The highest BCUT2D eigenvalue weighted by atomic mass is 15.0. The summed E-state index contributed by atoms with van der Waals surface area (Å²) in [5, 5.41) is 3.44. The molecule has 0 aromatic heterocycles. The summed E-state index contributed by atoms with van der Waals surface area (Å²) in [4.78, 5) is 0. The van der Waals surface area contributed by atoms with E-state index in [9.17, 15) is 0 Å². The summed E-state index contributed by atoms with van der Waals surface area (Å²) in [6.45, 7) is 7.25. The number of hydrogen-bond donors (Lipinski definition) is 2. The fourth-order valence-electron chi connectivity index (χ4n) is 0.995. The molecule has 2 nitrogen and oxygen atoms in total. The van der Waals surface area contributed by atoms with Crippen LogP contribution in [0.5, 0.6) is 0 Å². The molecule has 0 aromatic rings. The van der Waals surface area contributed by atoms with Crippen molar-refractivity contribution in [1.29, 1.82) is 0 Å². The Labute approximate surface area is 64.2 Å². The molecule has 62 valence electrons. The van der Waals surface area contributed by atoms with Crippen LogP contribution in [0.4, 0.5) is 0 Å². The van der Waals surface area contributed by atoms with Gasteiger partial charge in [0.25, 0.3) is 0 Å². The molecule has 0 fully saturated rings. The minimum atomic E-state index is 0.463. The zero-order valence-corrected chi connectivity index (χ0v) is 7.35. The first-order chi connectivity index (χ1) is 4.74. The number of nitrogens with two attached hydrogens (primary N) is 1. The van der Waals surface area contributed by atoms with E-state index in [1.54, 1.807) is 0 Å². The average Bonchev–Trinajstić information content (AvgIpc) is 1.99. The van der Waals surface area contributed by atoms with E-state index in [1.807, 2.05) is 0 Å². The molecule has 0 radical (unpaired) electrons. The SMILES string of the molecule is CCC(CC)NC(C)CN. The van der Waals surface area contributed by atoms with E-state index in [0.717, 1.165) is 6.54 Å². The number of hydrogen-bond acceptors (Lipinski definition) is 2. The quantitative estimate of drug-likeness (QED) is 0.606. The van der Waals surface area contributed by atoms with Crippen molar-refractivity contribution in [3.8, 4) is 0 Å². The fraction of sp³-hybridized carbons (Fsp3) is 1.00. The van der Waals surface area contributed by atoms with Crippen LogP contribution in [0.25, 0.3) is 0 Å².